The Hall–Kier alpha value is -3.95. The molecule has 1 aliphatic rings. The zero-order valence-electron chi connectivity index (χ0n) is 18.9. The molecule has 5 rings (SSSR count). The molecule has 0 unspecified atom stereocenters. The number of hydrogen-bond acceptors (Lipinski definition) is 6. The predicted octanol–water partition coefficient (Wildman–Crippen LogP) is 4.97. The van der Waals surface area contributed by atoms with Crippen molar-refractivity contribution in [2.75, 3.05) is 43.4 Å². The number of hydrogen-bond donors (Lipinski definition) is 1. The van der Waals surface area contributed by atoms with Crippen LogP contribution in [0.25, 0.3) is 22.0 Å². The van der Waals surface area contributed by atoms with Crippen LogP contribution in [0.5, 0.6) is 0 Å². The predicted molar refractivity (Wildman–Crippen MR) is 134 cm³/mol. The Morgan fingerprint density at radius 2 is 1.76 bits per heavy atom. The highest BCUT2D eigenvalue weighted by molar-refractivity contribution is 5.94. The highest BCUT2D eigenvalue weighted by atomic mass is 15.2. The van der Waals surface area contributed by atoms with E-state index in [0.717, 1.165) is 53.9 Å². The molecule has 1 N–H and O–H groups in total. The van der Waals surface area contributed by atoms with Crippen molar-refractivity contribution < 1.29 is 0 Å². The quantitative estimate of drug-likeness (QED) is 0.489. The van der Waals surface area contributed by atoms with Gasteiger partial charge in [-0.3, -0.25) is 0 Å². The summed E-state index contributed by atoms with van der Waals surface area (Å²) in [5, 5.41) is 13.4. The topological polar surface area (TPSA) is 68.1 Å². The molecule has 2 heterocycles. The number of piperazine rings is 1. The first kappa shape index (κ1) is 20.9. The molecule has 6 nitrogen and oxygen atoms in total. The number of benzene rings is 3. The minimum absolute atomic E-state index is 0.565. The molecule has 3 aromatic carbocycles. The van der Waals surface area contributed by atoms with Crippen LogP contribution in [0.1, 0.15) is 11.1 Å². The van der Waals surface area contributed by atoms with Crippen molar-refractivity contribution in [1.82, 2.24) is 14.9 Å². The van der Waals surface area contributed by atoms with E-state index in [9.17, 15) is 0 Å². The first-order valence-electron chi connectivity index (χ1n) is 11.2. The van der Waals surface area contributed by atoms with Crippen LogP contribution in [0.2, 0.25) is 0 Å². The Bertz CT molecular complexity index is 1330. The van der Waals surface area contributed by atoms with Crippen LogP contribution in [0.4, 0.5) is 17.3 Å². The van der Waals surface area contributed by atoms with E-state index in [2.05, 4.69) is 64.4 Å². The average Bonchev–Trinajstić information content (AvgIpc) is 2.85. The van der Waals surface area contributed by atoms with E-state index in [1.165, 1.54) is 11.3 Å². The van der Waals surface area contributed by atoms with Crippen LogP contribution >= 0.6 is 0 Å². The fraction of sp³-hybridized carbons (Fsp3) is 0.222. The molecule has 0 radical (unpaired) electrons. The summed E-state index contributed by atoms with van der Waals surface area (Å²) in [4.78, 5) is 14.2. The third-order valence-electron chi connectivity index (χ3n) is 6.23. The Labute approximate surface area is 194 Å². The number of nitriles is 1. The van der Waals surface area contributed by atoms with Crippen molar-refractivity contribution in [1.29, 1.82) is 5.26 Å². The number of fused-ring (bicyclic) bond motifs is 1. The standard InChI is InChI=1S/C27H26N6/c1-19-16-23(10-11-25(19)33-14-12-32(2)13-15-33)30-27-29-18-22-4-3-5-24(26(22)31-27)21-8-6-20(17-28)7-9-21/h3-11,16,18H,12-15H2,1-2H3,(H,29,30,31). The van der Waals surface area contributed by atoms with Crippen molar-refractivity contribution in [3.05, 3.63) is 78.0 Å². The third kappa shape index (κ3) is 4.36. The number of likely N-dealkylation sites (N-methyl/N-ethyl adjacent to an activating group) is 1. The van der Waals surface area contributed by atoms with Gasteiger partial charge in [0.05, 0.1) is 17.1 Å². The molecule has 0 spiro atoms. The lowest BCUT2D eigenvalue weighted by Gasteiger charge is -2.35. The van der Waals surface area contributed by atoms with Crippen molar-refractivity contribution >= 4 is 28.2 Å². The largest absolute Gasteiger partial charge is 0.369 e. The molecule has 1 fully saturated rings. The number of aryl methyl sites for hydroxylation is 1. The third-order valence-corrected chi connectivity index (χ3v) is 6.23. The van der Waals surface area contributed by atoms with Gasteiger partial charge < -0.3 is 15.1 Å². The number of rotatable bonds is 4. The highest BCUT2D eigenvalue weighted by Crippen LogP contribution is 2.29. The lowest BCUT2D eigenvalue weighted by Crippen LogP contribution is -2.44. The zero-order chi connectivity index (χ0) is 22.8. The summed E-state index contributed by atoms with van der Waals surface area (Å²) in [5.74, 6) is 0.565. The van der Waals surface area contributed by atoms with Crippen LogP contribution in [0.15, 0.2) is 66.9 Å². The van der Waals surface area contributed by atoms with Gasteiger partial charge in [-0.1, -0.05) is 30.3 Å². The molecule has 4 aromatic rings. The summed E-state index contributed by atoms with van der Waals surface area (Å²) >= 11 is 0. The van der Waals surface area contributed by atoms with Gasteiger partial charge in [0, 0.05) is 54.7 Å². The number of nitrogens with one attached hydrogen (secondary N) is 1. The molecule has 1 aliphatic heterocycles. The SMILES string of the molecule is Cc1cc(Nc2ncc3cccc(-c4ccc(C#N)cc4)c3n2)ccc1N1CCN(C)CC1. The van der Waals surface area contributed by atoms with E-state index in [-0.39, 0.29) is 0 Å². The molecule has 1 aromatic heterocycles. The molecule has 33 heavy (non-hydrogen) atoms. The fourth-order valence-electron chi connectivity index (χ4n) is 4.34. The Morgan fingerprint density at radius 1 is 0.970 bits per heavy atom. The van der Waals surface area contributed by atoms with Crippen LogP contribution < -0.4 is 10.2 Å². The zero-order valence-corrected chi connectivity index (χ0v) is 18.9. The van der Waals surface area contributed by atoms with Gasteiger partial charge in [0.15, 0.2) is 0 Å². The van der Waals surface area contributed by atoms with E-state index in [1.54, 1.807) is 0 Å². The molecule has 0 amide bonds. The number of para-hydroxylation sites is 1. The molecule has 0 aliphatic carbocycles. The maximum absolute atomic E-state index is 9.09. The van der Waals surface area contributed by atoms with Gasteiger partial charge in [0.2, 0.25) is 5.95 Å². The average molecular weight is 435 g/mol. The van der Waals surface area contributed by atoms with Gasteiger partial charge in [0.1, 0.15) is 0 Å². The fourth-order valence-corrected chi connectivity index (χ4v) is 4.34. The second kappa shape index (κ2) is 8.89. The van der Waals surface area contributed by atoms with E-state index >= 15 is 0 Å². The number of anilines is 3. The Morgan fingerprint density at radius 3 is 2.48 bits per heavy atom. The summed E-state index contributed by atoms with van der Waals surface area (Å²) in [6, 6.07) is 22.3. The van der Waals surface area contributed by atoms with Gasteiger partial charge in [-0.25, -0.2) is 9.97 Å². The molecule has 6 heteroatoms. The maximum Gasteiger partial charge on any atom is 0.227 e. The lowest BCUT2D eigenvalue weighted by atomic mass is 10.0. The molecular weight excluding hydrogens is 408 g/mol. The minimum atomic E-state index is 0.565. The van der Waals surface area contributed by atoms with Crippen LogP contribution in [0, 0.1) is 18.3 Å². The van der Waals surface area contributed by atoms with Crippen molar-refractivity contribution in [2.45, 2.75) is 6.92 Å². The van der Waals surface area contributed by atoms with Crippen LogP contribution in [-0.4, -0.2) is 48.1 Å². The van der Waals surface area contributed by atoms with Gasteiger partial charge in [0.25, 0.3) is 0 Å². The summed E-state index contributed by atoms with van der Waals surface area (Å²) in [6.45, 7) is 6.44. The minimum Gasteiger partial charge on any atom is -0.369 e. The number of aromatic nitrogens is 2. The molecular formula is C27H26N6. The molecule has 0 saturated carbocycles. The second-order valence-corrected chi connectivity index (χ2v) is 8.54. The Kier molecular flexibility index (Phi) is 5.64. The second-order valence-electron chi connectivity index (χ2n) is 8.54. The van der Waals surface area contributed by atoms with E-state index in [0.29, 0.717) is 11.5 Å². The van der Waals surface area contributed by atoms with Crippen molar-refractivity contribution in [3.63, 3.8) is 0 Å². The van der Waals surface area contributed by atoms with E-state index in [1.807, 2.05) is 42.6 Å². The normalized spacial score (nSPS) is 14.3. The van der Waals surface area contributed by atoms with Crippen molar-refractivity contribution in [3.8, 4) is 17.2 Å². The maximum atomic E-state index is 9.09. The smallest absolute Gasteiger partial charge is 0.227 e. The van der Waals surface area contributed by atoms with Crippen molar-refractivity contribution in [2.24, 2.45) is 0 Å². The van der Waals surface area contributed by atoms with Gasteiger partial charge >= 0.3 is 0 Å². The lowest BCUT2D eigenvalue weighted by molar-refractivity contribution is 0.312. The van der Waals surface area contributed by atoms with Crippen LogP contribution in [-0.2, 0) is 0 Å². The Balaban J connectivity index is 1.42. The summed E-state index contributed by atoms with van der Waals surface area (Å²) in [7, 11) is 2.17. The van der Waals surface area contributed by atoms with Gasteiger partial charge in [-0.15, -0.1) is 0 Å². The molecule has 1 saturated heterocycles. The molecule has 0 atom stereocenters. The summed E-state index contributed by atoms with van der Waals surface area (Å²) < 4.78 is 0. The first-order valence-corrected chi connectivity index (χ1v) is 11.2. The molecule has 0 bridgehead atoms. The van der Waals surface area contributed by atoms with E-state index in [4.69, 9.17) is 10.2 Å². The monoisotopic (exact) mass is 434 g/mol. The van der Waals surface area contributed by atoms with Crippen LogP contribution in [0.3, 0.4) is 0 Å². The highest BCUT2D eigenvalue weighted by Gasteiger charge is 2.16. The van der Waals surface area contributed by atoms with Gasteiger partial charge in [-0.05, 0) is 55.4 Å². The number of nitrogens with zero attached hydrogens (tertiary/aromatic N) is 5. The molecule has 164 valence electrons. The summed E-state index contributed by atoms with van der Waals surface area (Å²) in [6.07, 6.45) is 1.85. The van der Waals surface area contributed by atoms with Gasteiger partial charge in [-0.2, -0.15) is 5.26 Å². The van der Waals surface area contributed by atoms with E-state index < -0.39 is 0 Å². The summed E-state index contributed by atoms with van der Waals surface area (Å²) in [5.41, 5.74) is 7.07. The first-order chi connectivity index (χ1) is 16.1.